The van der Waals surface area contributed by atoms with Gasteiger partial charge in [0, 0.05) is 17.7 Å². The van der Waals surface area contributed by atoms with Crippen molar-refractivity contribution in [1.29, 1.82) is 0 Å². The Bertz CT molecular complexity index is 439. The van der Waals surface area contributed by atoms with Gasteiger partial charge in [0.2, 0.25) is 0 Å². The summed E-state index contributed by atoms with van der Waals surface area (Å²) < 4.78 is 5.30. The number of amides is 2. The lowest BCUT2D eigenvalue weighted by molar-refractivity contribution is 0.172. The first-order valence-electron chi connectivity index (χ1n) is 6.58. The molecule has 0 spiro atoms. The van der Waals surface area contributed by atoms with Crippen molar-refractivity contribution in [2.45, 2.75) is 39.2 Å². The molecule has 2 heterocycles. The lowest BCUT2D eigenvalue weighted by Crippen LogP contribution is -2.48. The molecular formula is C13H21N3O2S. The van der Waals surface area contributed by atoms with Crippen molar-refractivity contribution in [1.82, 2.24) is 10.3 Å². The lowest BCUT2D eigenvalue weighted by atomic mass is 10.0. The summed E-state index contributed by atoms with van der Waals surface area (Å²) in [5.41, 5.74) is -0.262. The monoisotopic (exact) mass is 283 g/mol. The maximum Gasteiger partial charge on any atom is 0.321 e. The molecule has 0 aromatic carbocycles. The van der Waals surface area contributed by atoms with Crippen molar-refractivity contribution in [3.05, 3.63) is 11.1 Å². The Morgan fingerprint density at radius 1 is 1.63 bits per heavy atom. The number of hydrogen-bond acceptors (Lipinski definition) is 4. The average Bonchev–Trinajstić information content (AvgIpc) is 2.87. The Balaban J connectivity index is 1.86. The maximum absolute atomic E-state index is 11.9. The predicted octanol–water partition coefficient (Wildman–Crippen LogP) is 2.64. The Morgan fingerprint density at radius 3 is 3.05 bits per heavy atom. The van der Waals surface area contributed by atoms with Crippen molar-refractivity contribution in [2.75, 3.05) is 18.5 Å². The van der Waals surface area contributed by atoms with E-state index in [0.717, 1.165) is 12.8 Å². The van der Waals surface area contributed by atoms with Crippen LogP contribution in [0.25, 0.3) is 0 Å². The minimum atomic E-state index is -0.262. The average molecular weight is 283 g/mol. The van der Waals surface area contributed by atoms with Crippen LogP contribution < -0.4 is 10.6 Å². The Hall–Kier alpha value is -1.14. The Labute approximate surface area is 117 Å². The van der Waals surface area contributed by atoms with Crippen LogP contribution in [0.4, 0.5) is 9.93 Å². The highest BCUT2D eigenvalue weighted by Gasteiger charge is 2.31. The molecule has 19 heavy (non-hydrogen) atoms. The van der Waals surface area contributed by atoms with E-state index in [0.29, 0.717) is 24.3 Å². The number of nitrogens with zero attached hydrogens (tertiary/aromatic N) is 1. The predicted molar refractivity (Wildman–Crippen MR) is 76.7 cm³/mol. The summed E-state index contributed by atoms with van der Waals surface area (Å²) in [5.74, 6) is 0.594. The maximum atomic E-state index is 11.9. The number of urea groups is 1. The van der Waals surface area contributed by atoms with E-state index in [1.54, 1.807) is 0 Å². The summed E-state index contributed by atoms with van der Waals surface area (Å²) in [6.07, 6.45) is 3.67. The fraction of sp³-hybridized carbons (Fsp3) is 0.692. The molecule has 1 aliphatic heterocycles. The number of rotatable bonds is 4. The van der Waals surface area contributed by atoms with Crippen molar-refractivity contribution in [2.24, 2.45) is 5.92 Å². The number of carbonyl (C=O) groups excluding carboxylic acids is 1. The van der Waals surface area contributed by atoms with Gasteiger partial charge in [0.1, 0.15) is 0 Å². The van der Waals surface area contributed by atoms with Crippen molar-refractivity contribution in [3.63, 3.8) is 0 Å². The Kier molecular flexibility index (Phi) is 4.42. The molecule has 106 valence electrons. The van der Waals surface area contributed by atoms with Crippen LogP contribution in [0, 0.1) is 5.92 Å². The van der Waals surface area contributed by atoms with Crippen LogP contribution >= 0.6 is 11.3 Å². The highest BCUT2D eigenvalue weighted by atomic mass is 32.1. The van der Waals surface area contributed by atoms with Gasteiger partial charge in [0.25, 0.3) is 0 Å². The highest BCUT2D eigenvalue weighted by Crippen LogP contribution is 2.22. The standard InChI is InChI=1S/C13H21N3O2S/c1-9(2)6-10-7-14-12(19-10)15-11(17)16-13(3)4-5-18-8-13/h7,9H,4-6,8H2,1-3H3,(H2,14,15,16,17). The van der Waals surface area contributed by atoms with E-state index in [2.05, 4.69) is 29.5 Å². The molecule has 0 radical (unpaired) electrons. The van der Waals surface area contributed by atoms with Gasteiger partial charge in [-0.05, 0) is 25.7 Å². The van der Waals surface area contributed by atoms with Gasteiger partial charge in [-0.1, -0.05) is 13.8 Å². The van der Waals surface area contributed by atoms with Gasteiger partial charge >= 0.3 is 6.03 Å². The normalized spacial score (nSPS) is 22.7. The minimum absolute atomic E-state index is 0.210. The topological polar surface area (TPSA) is 63.2 Å². The molecule has 0 saturated carbocycles. The molecule has 1 aromatic heterocycles. The van der Waals surface area contributed by atoms with Crippen LogP contribution in [0.3, 0.4) is 0 Å². The second-order valence-electron chi connectivity index (χ2n) is 5.67. The molecule has 2 rings (SSSR count). The zero-order valence-corrected chi connectivity index (χ0v) is 12.5. The molecule has 5 nitrogen and oxygen atoms in total. The first-order valence-corrected chi connectivity index (χ1v) is 7.40. The van der Waals surface area contributed by atoms with Gasteiger partial charge in [-0.25, -0.2) is 9.78 Å². The molecule has 1 aromatic rings. The van der Waals surface area contributed by atoms with E-state index in [4.69, 9.17) is 4.74 Å². The fourth-order valence-electron chi connectivity index (χ4n) is 2.03. The van der Waals surface area contributed by atoms with Gasteiger partial charge in [0.15, 0.2) is 5.13 Å². The number of hydrogen-bond donors (Lipinski definition) is 2. The fourth-order valence-corrected chi connectivity index (χ4v) is 3.05. The van der Waals surface area contributed by atoms with Crippen LogP contribution in [0.1, 0.15) is 32.1 Å². The van der Waals surface area contributed by atoms with Gasteiger partial charge in [0.05, 0.1) is 12.1 Å². The van der Waals surface area contributed by atoms with Crippen LogP contribution in [0.2, 0.25) is 0 Å². The zero-order chi connectivity index (χ0) is 13.9. The third-order valence-electron chi connectivity index (χ3n) is 3.02. The van der Waals surface area contributed by atoms with E-state index in [-0.39, 0.29) is 11.6 Å². The highest BCUT2D eigenvalue weighted by molar-refractivity contribution is 7.15. The van der Waals surface area contributed by atoms with Crippen molar-refractivity contribution >= 4 is 22.5 Å². The van der Waals surface area contributed by atoms with Gasteiger partial charge < -0.3 is 10.1 Å². The van der Waals surface area contributed by atoms with Crippen molar-refractivity contribution in [3.8, 4) is 0 Å². The van der Waals surface area contributed by atoms with Crippen LogP contribution in [0.5, 0.6) is 0 Å². The lowest BCUT2D eigenvalue weighted by Gasteiger charge is -2.23. The van der Waals surface area contributed by atoms with Crippen molar-refractivity contribution < 1.29 is 9.53 Å². The number of thiazole rings is 1. The zero-order valence-electron chi connectivity index (χ0n) is 11.7. The quantitative estimate of drug-likeness (QED) is 0.893. The molecule has 1 atom stereocenters. The first-order chi connectivity index (χ1) is 8.97. The molecular weight excluding hydrogens is 262 g/mol. The van der Waals surface area contributed by atoms with Crippen LogP contribution in [-0.4, -0.2) is 29.8 Å². The largest absolute Gasteiger partial charge is 0.379 e. The molecule has 1 aliphatic rings. The molecule has 6 heteroatoms. The summed E-state index contributed by atoms with van der Waals surface area (Å²) in [7, 11) is 0. The number of ether oxygens (including phenoxy) is 1. The summed E-state index contributed by atoms with van der Waals surface area (Å²) in [6.45, 7) is 7.59. The van der Waals surface area contributed by atoms with E-state index < -0.39 is 0 Å². The van der Waals surface area contributed by atoms with E-state index in [1.807, 2.05) is 13.1 Å². The van der Waals surface area contributed by atoms with E-state index in [1.165, 1.54) is 16.2 Å². The smallest absolute Gasteiger partial charge is 0.321 e. The molecule has 1 saturated heterocycles. The summed E-state index contributed by atoms with van der Waals surface area (Å²) >= 11 is 1.53. The molecule has 1 fully saturated rings. The third-order valence-corrected chi connectivity index (χ3v) is 3.95. The summed E-state index contributed by atoms with van der Waals surface area (Å²) in [6, 6.07) is -0.210. The number of nitrogens with one attached hydrogen (secondary N) is 2. The SMILES string of the molecule is CC(C)Cc1cnc(NC(=O)NC2(C)CCOC2)s1. The number of aromatic nitrogens is 1. The summed E-state index contributed by atoms with van der Waals surface area (Å²) in [5, 5.41) is 6.38. The molecule has 0 bridgehead atoms. The number of anilines is 1. The third kappa shape index (κ3) is 4.18. The second kappa shape index (κ2) is 5.88. The van der Waals surface area contributed by atoms with Gasteiger partial charge in [-0.3, -0.25) is 5.32 Å². The second-order valence-corrected chi connectivity index (χ2v) is 6.79. The van der Waals surface area contributed by atoms with Gasteiger partial charge in [-0.2, -0.15) is 0 Å². The molecule has 2 N–H and O–H groups in total. The molecule has 0 aliphatic carbocycles. The van der Waals surface area contributed by atoms with Gasteiger partial charge in [-0.15, -0.1) is 11.3 Å². The number of carbonyl (C=O) groups is 1. The first kappa shape index (κ1) is 14.3. The molecule has 2 amide bonds. The van der Waals surface area contributed by atoms with Crippen LogP contribution in [0.15, 0.2) is 6.20 Å². The van der Waals surface area contributed by atoms with E-state index in [9.17, 15) is 4.79 Å². The van der Waals surface area contributed by atoms with Crippen LogP contribution in [-0.2, 0) is 11.2 Å². The van der Waals surface area contributed by atoms with E-state index >= 15 is 0 Å². The summed E-state index contributed by atoms with van der Waals surface area (Å²) in [4.78, 5) is 17.3. The molecule has 1 unspecified atom stereocenters. The Morgan fingerprint density at radius 2 is 2.42 bits per heavy atom. The minimum Gasteiger partial charge on any atom is -0.379 e.